The first kappa shape index (κ1) is 15.8. The van der Waals surface area contributed by atoms with Crippen LogP contribution in [0.5, 0.6) is 0 Å². The van der Waals surface area contributed by atoms with E-state index in [9.17, 15) is 4.79 Å². The highest BCUT2D eigenvalue weighted by Gasteiger charge is 2.19. The first-order chi connectivity index (χ1) is 10.1. The molecule has 0 amide bonds. The van der Waals surface area contributed by atoms with Crippen LogP contribution < -0.4 is 11.1 Å². The van der Waals surface area contributed by atoms with Gasteiger partial charge >= 0.3 is 5.76 Å². The standard InChI is InChI=1S/C17H26N2O2/c1-5-10-18-16(12(4)6-2)13-8-9-14-15(11-13)21-17(20)19(14)7-3/h8-9,11-12,16,18H,5-7,10H2,1-4H3. The number of aromatic nitrogens is 1. The van der Waals surface area contributed by atoms with Crippen LogP contribution in [-0.4, -0.2) is 11.1 Å². The van der Waals surface area contributed by atoms with E-state index in [1.807, 2.05) is 19.1 Å². The Morgan fingerprint density at radius 3 is 2.67 bits per heavy atom. The van der Waals surface area contributed by atoms with Gasteiger partial charge < -0.3 is 9.73 Å². The van der Waals surface area contributed by atoms with Crippen LogP contribution in [0.25, 0.3) is 11.1 Å². The summed E-state index contributed by atoms with van der Waals surface area (Å²) in [7, 11) is 0. The SMILES string of the molecule is CCCNC(c1ccc2c(c1)oc(=O)n2CC)C(C)CC. The van der Waals surface area contributed by atoms with Crippen LogP contribution in [0, 0.1) is 5.92 Å². The molecular weight excluding hydrogens is 264 g/mol. The summed E-state index contributed by atoms with van der Waals surface area (Å²) < 4.78 is 7.04. The molecule has 2 unspecified atom stereocenters. The second-order valence-electron chi connectivity index (χ2n) is 5.66. The fourth-order valence-corrected chi connectivity index (χ4v) is 2.76. The number of nitrogens with zero attached hydrogens (tertiary/aromatic N) is 1. The molecule has 0 saturated heterocycles. The molecule has 1 heterocycles. The highest BCUT2D eigenvalue weighted by atomic mass is 16.4. The quantitative estimate of drug-likeness (QED) is 0.845. The van der Waals surface area contributed by atoms with Crippen LogP contribution >= 0.6 is 0 Å². The largest absolute Gasteiger partial charge is 0.419 e. The van der Waals surface area contributed by atoms with E-state index in [2.05, 4.69) is 32.2 Å². The Bertz CT molecular complexity index is 642. The highest BCUT2D eigenvalue weighted by molar-refractivity contribution is 5.74. The molecule has 0 saturated carbocycles. The van der Waals surface area contributed by atoms with Crippen LogP contribution in [0.3, 0.4) is 0 Å². The lowest BCUT2D eigenvalue weighted by Crippen LogP contribution is -2.27. The minimum atomic E-state index is -0.272. The van der Waals surface area contributed by atoms with Crippen molar-refractivity contribution in [3.05, 3.63) is 34.3 Å². The minimum Gasteiger partial charge on any atom is -0.408 e. The van der Waals surface area contributed by atoms with Crippen molar-refractivity contribution in [1.29, 1.82) is 0 Å². The summed E-state index contributed by atoms with van der Waals surface area (Å²) >= 11 is 0. The van der Waals surface area contributed by atoms with Gasteiger partial charge in [0, 0.05) is 12.6 Å². The van der Waals surface area contributed by atoms with Gasteiger partial charge in [-0.25, -0.2) is 4.79 Å². The van der Waals surface area contributed by atoms with Gasteiger partial charge in [0.1, 0.15) is 0 Å². The third kappa shape index (κ3) is 3.21. The topological polar surface area (TPSA) is 47.2 Å². The molecule has 0 aliphatic heterocycles. The molecule has 0 aliphatic carbocycles. The van der Waals surface area contributed by atoms with Crippen LogP contribution in [-0.2, 0) is 6.54 Å². The summed E-state index contributed by atoms with van der Waals surface area (Å²) in [6, 6.07) is 6.43. The van der Waals surface area contributed by atoms with E-state index < -0.39 is 0 Å². The number of benzene rings is 1. The van der Waals surface area contributed by atoms with Gasteiger partial charge in [-0.2, -0.15) is 0 Å². The molecule has 2 atom stereocenters. The van der Waals surface area contributed by atoms with Crippen LogP contribution in [0.4, 0.5) is 0 Å². The zero-order chi connectivity index (χ0) is 15.4. The molecular formula is C17H26N2O2. The Morgan fingerprint density at radius 1 is 1.29 bits per heavy atom. The van der Waals surface area contributed by atoms with E-state index in [0.717, 1.165) is 24.9 Å². The number of rotatable bonds is 7. The molecule has 1 N–H and O–H groups in total. The summed E-state index contributed by atoms with van der Waals surface area (Å²) in [6.45, 7) is 10.2. The summed E-state index contributed by atoms with van der Waals surface area (Å²) in [5, 5.41) is 3.61. The van der Waals surface area contributed by atoms with Crippen LogP contribution in [0.15, 0.2) is 27.4 Å². The number of fused-ring (bicyclic) bond motifs is 1. The summed E-state index contributed by atoms with van der Waals surface area (Å²) in [6.07, 6.45) is 2.22. The van der Waals surface area contributed by atoms with Gasteiger partial charge in [0.2, 0.25) is 0 Å². The Hall–Kier alpha value is -1.55. The molecule has 0 bridgehead atoms. The summed E-state index contributed by atoms with van der Waals surface area (Å²) in [5.41, 5.74) is 2.76. The van der Waals surface area contributed by atoms with Crippen molar-refractivity contribution < 1.29 is 4.42 Å². The van der Waals surface area contributed by atoms with Gasteiger partial charge in [-0.15, -0.1) is 0 Å². The van der Waals surface area contributed by atoms with Crippen molar-refractivity contribution in [2.45, 2.75) is 53.1 Å². The first-order valence-corrected chi connectivity index (χ1v) is 7.99. The van der Waals surface area contributed by atoms with Crippen molar-refractivity contribution in [3.8, 4) is 0 Å². The zero-order valence-corrected chi connectivity index (χ0v) is 13.5. The lowest BCUT2D eigenvalue weighted by molar-refractivity contribution is 0.377. The molecule has 0 fully saturated rings. The Morgan fingerprint density at radius 2 is 2.05 bits per heavy atom. The lowest BCUT2D eigenvalue weighted by atomic mass is 9.92. The predicted molar refractivity (Wildman–Crippen MR) is 86.6 cm³/mol. The maximum Gasteiger partial charge on any atom is 0.419 e. The molecule has 116 valence electrons. The smallest absolute Gasteiger partial charge is 0.408 e. The van der Waals surface area contributed by atoms with Gasteiger partial charge in [0.25, 0.3) is 0 Å². The molecule has 1 aromatic carbocycles. The average Bonchev–Trinajstić information content (AvgIpc) is 2.81. The molecule has 21 heavy (non-hydrogen) atoms. The summed E-state index contributed by atoms with van der Waals surface area (Å²) in [5.74, 6) is 0.264. The van der Waals surface area contributed by atoms with Crippen molar-refractivity contribution in [2.24, 2.45) is 5.92 Å². The fourth-order valence-electron chi connectivity index (χ4n) is 2.76. The van der Waals surface area contributed by atoms with Gasteiger partial charge in [-0.05, 0) is 43.5 Å². The molecule has 2 rings (SSSR count). The van der Waals surface area contributed by atoms with E-state index in [1.54, 1.807) is 4.57 Å². The van der Waals surface area contributed by atoms with E-state index >= 15 is 0 Å². The normalized spacial score (nSPS) is 14.5. The van der Waals surface area contributed by atoms with Gasteiger partial charge in [0.15, 0.2) is 5.58 Å². The third-order valence-electron chi connectivity index (χ3n) is 4.19. The first-order valence-electron chi connectivity index (χ1n) is 7.99. The van der Waals surface area contributed by atoms with Gasteiger partial charge in [-0.3, -0.25) is 4.57 Å². The van der Waals surface area contributed by atoms with Crippen LogP contribution in [0.1, 0.15) is 52.1 Å². The van der Waals surface area contributed by atoms with Crippen LogP contribution in [0.2, 0.25) is 0 Å². The Balaban J connectivity index is 2.41. The van der Waals surface area contributed by atoms with E-state index in [1.165, 1.54) is 5.56 Å². The zero-order valence-electron chi connectivity index (χ0n) is 13.5. The molecule has 4 heteroatoms. The molecule has 1 aromatic heterocycles. The number of hydrogen-bond donors (Lipinski definition) is 1. The van der Waals surface area contributed by atoms with Crippen molar-refractivity contribution >= 4 is 11.1 Å². The fraction of sp³-hybridized carbons (Fsp3) is 0.588. The third-order valence-corrected chi connectivity index (χ3v) is 4.19. The number of oxazole rings is 1. The maximum absolute atomic E-state index is 11.8. The monoisotopic (exact) mass is 290 g/mol. The molecule has 4 nitrogen and oxygen atoms in total. The Kier molecular flexibility index (Phi) is 5.23. The van der Waals surface area contributed by atoms with E-state index in [-0.39, 0.29) is 5.76 Å². The van der Waals surface area contributed by atoms with Crippen molar-refractivity contribution in [2.75, 3.05) is 6.54 Å². The molecule has 2 aromatic rings. The number of aryl methyl sites for hydroxylation is 1. The molecule has 0 spiro atoms. The average molecular weight is 290 g/mol. The highest BCUT2D eigenvalue weighted by Crippen LogP contribution is 2.27. The lowest BCUT2D eigenvalue weighted by Gasteiger charge is -2.24. The summed E-state index contributed by atoms with van der Waals surface area (Å²) in [4.78, 5) is 11.8. The van der Waals surface area contributed by atoms with Gasteiger partial charge in [0.05, 0.1) is 5.52 Å². The number of hydrogen-bond acceptors (Lipinski definition) is 3. The Labute approximate surface area is 126 Å². The molecule has 0 aliphatic rings. The van der Waals surface area contributed by atoms with E-state index in [4.69, 9.17) is 4.42 Å². The number of nitrogens with one attached hydrogen (secondary N) is 1. The second kappa shape index (κ2) is 6.94. The van der Waals surface area contributed by atoms with Crippen molar-refractivity contribution in [3.63, 3.8) is 0 Å². The predicted octanol–water partition coefficient (Wildman–Crippen LogP) is 3.70. The molecule has 0 radical (unpaired) electrons. The maximum atomic E-state index is 11.8. The van der Waals surface area contributed by atoms with E-state index in [0.29, 0.717) is 24.1 Å². The van der Waals surface area contributed by atoms with Gasteiger partial charge in [-0.1, -0.05) is 33.3 Å². The minimum absolute atomic E-state index is 0.272. The second-order valence-corrected chi connectivity index (χ2v) is 5.66. The van der Waals surface area contributed by atoms with Crippen molar-refractivity contribution in [1.82, 2.24) is 9.88 Å².